The third-order valence-electron chi connectivity index (χ3n) is 7.72. The van der Waals surface area contributed by atoms with E-state index in [9.17, 15) is 4.79 Å². The molecule has 0 atom stereocenters. The number of amides is 1. The van der Waals surface area contributed by atoms with Crippen LogP contribution in [0.15, 0.2) is 28.9 Å². The molecule has 2 aromatic heterocycles. The molecule has 34 heavy (non-hydrogen) atoms. The zero-order chi connectivity index (χ0) is 23.2. The SMILES string of the molecule is O=C(CN1CCC(c2nc(-c3ccccn3)no2)CC1)NCC1(N2CCOCC2)CCCCC1. The Labute approximate surface area is 201 Å². The lowest BCUT2D eigenvalue weighted by atomic mass is 9.79. The molecule has 1 aliphatic carbocycles. The van der Waals surface area contributed by atoms with E-state index in [0.29, 0.717) is 18.3 Å². The van der Waals surface area contributed by atoms with E-state index in [1.807, 2.05) is 18.2 Å². The van der Waals surface area contributed by atoms with Gasteiger partial charge < -0.3 is 14.6 Å². The van der Waals surface area contributed by atoms with Crippen LogP contribution in [0.25, 0.3) is 11.5 Å². The summed E-state index contributed by atoms with van der Waals surface area (Å²) in [5, 5.41) is 7.40. The number of pyridine rings is 1. The van der Waals surface area contributed by atoms with E-state index in [4.69, 9.17) is 9.26 Å². The number of hydrogen-bond acceptors (Lipinski definition) is 8. The highest BCUT2D eigenvalue weighted by atomic mass is 16.5. The van der Waals surface area contributed by atoms with Gasteiger partial charge in [0.25, 0.3) is 0 Å². The molecule has 2 aromatic rings. The molecule has 9 heteroatoms. The van der Waals surface area contributed by atoms with Gasteiger partial charge in [-0.15, -0.1) is 0 Å². The van der Waals surface area contributed by atoms with Crippen molar-refractivity contribution in [3.8, 4) is 11.5 Å². The fourth-order valence-electron chi connectivity index (χ4n) is 5.71. The van der Waals surface area contributed by atoms with Crippen molar-refractivity contribution in [2.75, 3.05) is 52.5 Å². The number of ether oxygens (including phenoxy) is 1. The van der Waals surface area contributed by atoms with Gasteiger partial charge in [-0.1, -0.05) is 30.5 Å². The van der Waals surface area contributed by atoms with Crippen molar-refractivity contribution in [1.29, 1.82) is 0 Å². The van der Waals surface area contributed by atoms with Crippen molar-refractivity contribution in [2.45, 2.75) is 56.4 Å². The molecule has 5 rings (SSSR count). The topological polar surface area (TPSA) is 96.6 Å². The van der Waals surface area contributed by atoms with Crippen LogP contribution >= 0.6 is 0 Å². The summed E-state index contributed by atoms with van der Waals surface area (Å²) in [6, 6.07) is 5.67. The van der Waals surface area contributed by atoms with E-state index in [0.717, 1.165) is 64.5 Å². The summed E-state index contributed by atoms with van der Waals surface area (Å²) in [5.74, 6) is 1.58. The quantitative estimate of drug-likeness (QED) is 0.662. The van der Waals surface area contributed by atoms with Crippen molar-refractivity contribution in [1.82, 2.24) is 30.2 Å². The van der Waals surface area contributed by atoms with Gasteiger partial charge in [0.1, 0.15) is 5.69 Å². The minimum absolute atomic E-state index is 0.105. The molecule has 0 radical (unpaired) electrons. The second-order valence-electron chi connectivity index (χ2n) is 9.88. The van der Waals surface area contributed by atoms with Crippen molar-refractivity contribution < 1.29 is 14.1 Å². The largest absolute Gasteiger partial charge is 0.379 e. The Morgan fingerprint density at radius 2 is 1.88 bits per heavy atom. The normalized spacial score (nSPS) is 22.5. The maximum atomic E-state index is 12.8. The molecule has 2 aliphatic heterocycles. The zero-order valence-electron chi connectivity index (χ0n) is 20.0. The van der Waals surface area contributed by atoms with Gasteiger partial charge in [0.05, 0.1) is 19.8 Å². The molecule has 0 unspecified atom stereocenters. The monoisotopic (exact) mass is 468 g/mol. The van der Waals surface area contributed by atoms with E-state index in [1.165, 1.54) is 32.1 Å². The highest BCUT2D eigenvalue weighted by Gasteiger charge is 2.39. The number of carbonyl (C=O) groups is 1. The summed E-state index contributed by atoms with van der Waals surface area (Å²) in [4.78, 5) is 26.5. The van der Waals surface area contributed by atoms with Crippen LogP contribution in [0.1, 0.15) is 56.8 Å². The first-order chi connectivity index (χ1) is 16.7. The minimum Gasteiger partial charge on any atom is -0.379 e. The van der Waals surface area contributed by atoms with Crippen molar-refractivity contribution in [2.24, 2.45) is 0 Å². The van der Waals surface area contributed by atoms with Crippen LogP contribution in [-0.4, -0.2) is 88.9 Å². The lowest BCUT2D eigenvalue weighted by Crippen LogP contribution is -2.60. The van der Waals surface area contributed by atoms with E-state index in [2.05, 4.69) is 30.2 Å². The van der Waals surface area contributed by atoms with E-state index >= 15 is 0 Å². The molecular formula is C25H36N6O3. The Balaban J connectivity index is 1.09. The molecule has 1 saturated carbocycles. The highest BCUT2D eigenvalue weighted by Crippen LogP contribution is 2.34. The van der Waals surface area contributed by atoms with E-state index in [1.54, 1.807) is 6.20 Å². The number of nitrogens with zero attached hydrogens (tertiary/aromatic N) is 5. The number of aromatic nitrogens is 3. The van der Waals surface area contributed by atoms with Gasteiger partial charge in [-0.2, -0.15) is 4.98 Å². The van der Waals surface area contributed by atoms with Gasteiger partial charge >= 0.3 is 0 Å². The molecule has 9 nitrogen and oxygen atoms in total. The lowest BCUT2D eigenvalue weighted by Gasteiger charge is -2.48. The average molecular weight is 469 g/mol. The van der Waals surface area contributed by atoms with Gasteiger partial charge in [-0.3, -0.25) is 19.6 Å². The first-order valence-electron chi connectivity index (χ1n) is 12.8. The minimum atomic E-state index is 0.105. The molecule has 2 saturated heterocycles. The lowest BCUT2D eigenvalue weighted by molar-refractivity contribution is -0.123. The van der Waals surface area contributed by atoms with Crippen LogP contribution in [0.2, 0.25) is 0 Å². The molecule has 3 fully saturated rings. The van der Waals surface area contributed by atoms with Crippen LogP contribution in [0, 0.1) is 0 Å². The second kappa shape index (κ2) is 10.9. The summed E-state index contributed by atoms with van der Waals surface area (Å²) < 4.78 is 11.1. The Bertz CT molecular complexity index is 916. The fourth-order valence-corrected chi connectivity index (χ4v) is 5.71. The van der Waals surface area contributed by atoms with E-state index < -0.39 is 0 Å². The van der Waals surface area contributed by atoms with Crippen LogP contribution in [0.3, 0.4) is 0 Å². The molecule has 3 aliphatic rings. The summed E-state index contributed by atoms with van der Waals surface area (Å²) in [6.07, 6.45) is 9.69. The molecule has 1 amide bonds. The summed E-state index contributed by atoms with van der Waals surface area (Å²) in [7, 11) is 0. The predicted molar refractivity (Wildman–Crippen MR) is 127 cm³/mol. The van der Waals surface area contributed by atoms with Gasteiger partial charge in [0, 0.05) is 37.3 Å². The molecule has 184 valence electrons. The average Bonchev–Trinajstić information content (AvgIpc) is 3.40. The Morgan fingerprint density at radius 3 is 2.62 bits per heavy atom. The van der Waals surface area contributed by atoms with Crippen LogP contribution in [0.4, 0.5) is 0 Å². The molecule has 0 spiro atoms. The molecular weight excluding hydrogens is 432 g/mol. The van der Waals surface area contributed by atoms with Crippen molar-refractivity contribution in [3.05, 3.63) is 30.3 Å². The third kappa shape index (κ3) is 5.47. The number of piperidine rings is 1. The summed E-state index contributed by atoms with van der Waals surface area (Å²) in [6.45, 7) is 6.46. The van der Waals surface area contributed by atoms with Crippen molar-refractivity contribution in [3.63, 3.8) is 0 Å². The first-order valence-corrected chi connectivity index (χ1v) is 12.8. The van der Waals surface area contributed by atoms with E-state index in [-0.39, 0.29) is 17.4 Å². The van der Waals surface area contributed by atoms with Gasteiger partial charge in [-0.05, 0) is 50.9 Å². The Kier molecular flexibility index (Phi) is 7.51. The summed E-state index contributed by atoms with van der Waals surface area (Å²) in [5.41, 5.74) is 0.827. The zero-order valence-corrected chi connectivity index (χ0v) is 20.0. The van der Waals surface area contributed by atoms with Gasteiger partial charge in [-0.25, -0.2) is 0 Å². The number of hydrogen-bond donors (Lipinski definition) is 1. The number of likely N-dealkylation sites (tertiary alicyclic amines) is 1. The Hall–Kier alpha value is -2.36. The van der Waals surface area contributed by atoms with Crippen LogP contribution in [-0.2, 0) is 9.53 Å². The third-order valence-corrected chi connectivity index (χ3v) is 7.72. The highest BCUT2D eigenvalue weighted by molar-refractivity contribution is 5.78. The number of carbonyl (C=O) groups excluding carboxylic acids is 1. The molecule has 4 heterocycles. The second-order valence-corrected chi connectivity index (χ2v) is 9.88. The summed E-state index contributed by atoms with van der Waals surface area (Å²) >= 11 is 0. The van der Waals surface area contributed by atoms with Crippen molar-refractivity contribution >= 4 is 5.91 Å². The van der Waals surface area contributed by atoms with Crippen LogP contribution in [0.5, 0.6) is 0 Å². The first kappa shape index (κ1) is 23.4. The number of nitrogens with one attached hydrogen (secondary N) is 1. The molecule has 1 N–H and O–H groups in total. The van der Waals surface area contributed by atoms with Gasteiger partial charge in [0.15, 0.2) is 0 Å². The Morgan fingerprint density at radius 1 is 1.09 bits per heavy atom. The maximum Gasteiger partial charge on any atom is 0.234 e. The smallest absolute Gasteiger partial charge is 0.234 e. The number of rotatable bonds is 7. The maximum absolute atomic E-state index is 12.8. The van der Waals surface area contributed by atoms with Crippen LogP contribution < -0.4 is 5.32 Å². The molecule has 0 aromatic carbocycles. The fraction of sp³-hybridized carbons (Fsp3) is 0.680. The van der Waals surface area contributed by atoms with Gasteiger partial charge in [0.2, 0.25) is 17.6 Å². The standard InChI is InChI=1S/C25H36N6O3/c32-22(27-19-25(9-3-1-4-10-25)31-14-16-33-17-15-31)18-30-12-7-20(8-13-30)24-28-23(29-34-24)21-6-2-5-11-26-21/h2,5-6,11,20H,1,3-4,7-10,12-19H2,(H,27,32). The predicted octanol–water partition coefficient (Wildman–Crippen LogP) is 2.46. The number of morpholine rings is 1. The molecule has 0 bridgehead atoms.